The van der Waals surface area contributed by atoms with E-state index in [-0.39, 0.29) is 13.2 Å². The zero-order chi connectivity index (χ0) is 23.8. The molecule has 0 bridgehead atoms. The van der Waals surface area contributed by atoms with Gasteiger partial charge < -0.3 is 20.1 Å². The molecular formula is C23H23IN4O4S. The van der Waals surface area contributed by atoms with Gasteiger partial charge in [-0.2, -0.15) is 5.10 Å². The second-order valence-corrected chi connectivity index (χ2v) is 8.62. The van der Waals surface area contributed by atoms with Crippen molar-refractivity contribution in [3.8, 4) is 5.75 Å². The summed E-state index contributed by atoms with van der Waals surface area (Å²) in [6.07, 6.45) is 1.56. The number of hydrogen-bond donors (Lipinski definition) is 3. The molecule has 1 amide bonds. The molecule has 0 radical (unpaired) electrons. The summed E-state index contributed by atoms with van der Waals surface area (Å²) in [5.41, 5.74) is 4.96. The average Bonchev–Trinajstić information content (AvgIpc) is 2.79. The van der Waals surface area contributed by atoms with Crippen LogP contribution in [0.25, 0.3) is 0 Å². The summed E-state index contributed by atoms with van der Waals surface area (Å²) in [6, 6.07) is 14.2. The predicted octanol–water partition coefficient (Wildman–Crippen LogP) is 3.18. The highest BCUT2D eigenvalue weighted by Gasteiger charge is 2.32. The fourth-order valence-corrected chi connectivity index (χ4v) is 3.79. The van der Waals surface area contributed by atoms with Gasteiger partial charge in [-0.05, 0) is 72.4 Å². The van der Waals surface area contributed by atoms with Crippen LogP contribution in [0.1, 0.15) is 31.0 Å². The zero-order valence-corrected chi connectivity index (χ0v) is 21.0. The Kier molecular flexibility index (Phi) is 8.78. The number of esters is 1. The molecule has 0 aliphatic carbocycles. The van der Waals surface area contributed by atoms with Crippen molar-refractivity contribution in [1.82, 2.24) is 16.1 Å². The maximum atomic E-state index is 12.6. The second kappa shape index (κ2) is 11.8. The highest BCUT2D eigenvalue weighted by Crippen LogP contribution is 2.33. The number of para-hydroxylation sites is 1. The lowest BCUT2D eigenvalue weighted by molar-refractivity contribution is -0.139. The first kappa shape index (κ1) is 24.6. The van der Waals surface area contributed by atoms with Gasteiger partial charge in [-0.3, -0.25) is 4.79 Å². The monoisotopic (exact) mass is 578 g/mol. The summed E-state index contributed by atoms with van der Waals surface area (Å²) in [5, 5.41) is 10.4. The van der Waals surface area contributed by atoms with Crippen LogP contribution in [-0.4, -0.2) is 36.4 Å². The molecule has 2 aromatic rings. The molecule has 1 heterocycles. The van der Waals surface area contributed by atoms with Crippen LogP contribution in [-0.2, 0) is 14.3 Å². The molecule has 2 aromatic carbocycles. The highest BCUT2D eigenvalue weighted by atomic mass is 127. The molecule has 172 valence electrons. The van der Waals surface area contributed by atoms with Crippen molar-refractivity contribution in [3.63, 3.8) is 0 Å². The van der Waals surface area contributed by atoms with E-state index in [1.54, 1.807) is 38.3 Å². The van der Waals surface area contributed by atoms with E-state index < -0.39 is 17.9 Å². The van der Waals surface area contributed by atoms with Crippen molar-refractivity contribution in [3.05, 3.63) is 74.5 Å². The maximum Gasteiger partial charge on any atom is 0.338 e. The number of ether oxygens (including phenoxy) is 2. The van der Waals surface area contributed by atoms with E-state index in [0.29, 0.717) is 27.7 Å². The van der Waals surface area contributed by atoms with Gasteiger partial charge in [-0.25, -0.2) is 10.2 Å². The molecule has 3 N–H and O–H groups in total. The number of amides is 1. The van der Waals surface area contributed by atoms with E-state index >= 15 is 0 Å². The number of rotatable bonds is 8. The first-order valence-corrected chi connectivity index (χ1v) is 11.6. The number of carbonyl (C=O) groups is 2. The molecule has 0 aromatic heterocycles. The van der Waals surface area contributed by atoms with Crippen LogP contribution in [0.4, 0.5) is 0 Å². The zero-order valence-electron chi connectivity index (χ0n) is 18.1. The van der Waals surface area contributed by atoms with E-state index in [1.165, 1.54) is 0 Å². The largest absolute Gasteiger partial charge is 0.483 e. The first-order valence-electron chi connectivity index (χ1n) is 10.1. The number of hydrogen-bond acceptors (Lipinski definition) is 6. The lowest BCUT2D eigenvalue weighted by atomic mass is 9.95. The van der Waals surface area contributed by atoms with Gasteiger partial charge in [0.1, 0.15) is 5.75 Å². The van der Waals surface area contributed by atoms with E-state index in [9.17, 15) is 9.59 Å². The number of halogens is 1. The third kappa shape index (κ3) is 6.75. The first-order chi connectivity index (χ1) is 15.9. The van der Waals surface area contributed by atoms with Crippen LogP contribution in [0.15, 0.2) is 64.9 Å². The number of hydrazone groups is 1. The normalized spacial score (nSPS) is 15.6. The Hall–Kier alpha value is -2.99. The fraction of sp³-hybridized carbons (Fsp3) is 0.217. The summed E-state index contributed by atoms with van der Waals surface area (Å²) in [7, 11) is 0. The van der Waals surface area contributed by atoms with Crippen LogP contribution < -0.4 is 20.8 Å². The number of nitrogens with zero attached hydrogens (tertiary/aromatic N) is 1. The lowest BCUT2D eigenvalue weighted by Gasteiger charge is -2.30. The molecule has 0 saturated carbocycles. The van der Waals surface area contributed by atoms with Crippen molar-refractivity contribution in [1.29, 1.82) is 0 Å². The molecule has 3 rings (SSSR count). The molecule has 1 atom stereocenters. The molecule has 0 unspecified atom stereocenters. The number of thiocarbonyl (C=S) groups is 1. The van der Waals surface area contributed by atoms with Gasteiger partial charge in [0.05, 0.1) is 24.4 Å². The van der Waals surface area contributed by atoms with E-state index in [1.807, 2.05) is 30.3 Å². The maximum absolute atomic E-state index is 12.6. The minimum atomic E-state index is -0.587. The SMILES string of the molecule is CCOC(=O)C1=C(C)NC(=S)N[C@H]1c1ccccc1OCC(=O)NN=Cc1ccc(I)cc1. The Morgan fingerprint density at radius 1 is 1.21 bits per heavy atom. The van der Waals surface area contributed by atoms with Gasteiger partial charge in [0, 0.05) is 14.8 Å². The fourth-order valence-electron chi connectivity index (χ4n) is 3.16. The summed E-state index contributed by atoms with van der Waals surface area (Å²) < 4.78 is 12.1. The smallest absolute Gasteiger partial charge is 0.338 e. The Labute approximate surface area is 210 Å². The minimum absolute atomic E-state index is 0.244. The summed E-state index contributed by atoms with van der Waals surface area (Å²) in [5.74, 6) is -0.441. The predicted molar refractivity (Wildman–Crippen MR) is 138 cm³/mol. The number of allylic oxidation sites excluding steroid dienone is 1. The topological polar surface area (TPSA) is 101 Å². The van der Waals surface area contributed by atoms with Crippen molar-refractivity contribution >= 4 is 58.0 Å². The molecular weight excluding hydrogens is 555 g/mol. The molecule has 10 heteroatoms. The number of carbonyl (C=O) groups excluding carboxylic acids is 2. The van der Waals surface area contributed by atoms with Crippen molar-refractivity contribution in [2.45, 2.75) is 19.9 Å². The van der Waals surface area contributed by atoms with Crippen LogP contribution in [0.3, 0.4) is 0 Å². The lowest BCUT2D eigenvalue weighted by Crippen LogP contribution is -2.45. The van der Waals surface area contributed by atoms with E-state index in [0.717, 1.165) is 9.13 Å². The van der Waals surface area contributed by atoms with Gasteiger partial charge in [-0.1, -0.05) is 30.3 Å². The molecule has 8 nitrogen and oxygen atoms in total. The molecule has 0 fully saturated rings. The molecule has 0 spiro atoms. The van der Waals surface area contributed by atoms with Crippen molar-refractivity contribution in [2.75, 3.05) is 13.2 Å². The standard InChI is InChI=1S/C23H23IN4O4S/c1-3-31-22(30)20-14(2)26-23(33)27-21(20)17-6-4-5-7-18(17)32-13-19(29)28-25-12-15-8-10-16(24)11-9-15/h4-12,21H,3,13H2,1-2H3,(H,28,29)(H2,26,27,33)/t21-/m0/s1. The third-order valence-electron chi connectivity index (χ3n) is 4.63. The van der Waals surface area contributed by atoms with Crippen molar-refractivity contribution in [2.24, 2.45) is 5.10 Å². The molecule has 1 aliphatic heterocycles. The second-order valence-electron chi connectivity index (χ2n) is 6.96. The van der Waals surface area contributed by atoms with Gasteiger partial charge in [0.25, 0.3) is 5.91 Å². The Balaban J connectivity index is 1.71. The Morgan fingerprint density at radius 2 is 1.94 bits per heavy atom. The Bertz CT molecular complexity index is 1100. The summed E-state index contributed by atoms with van der Waals surface area (Å²) in [4.78, 5) is 24.8. The van der Waals surface area contributed by atoms with Gasteiger partial charge in [-0.15, -0.1) is 0 Å². The average molecular weight is 578 g/mol. The third-order valence-corrected chi connectivity index (χ3v) is 5.57. The molecule has 33 heavy (non-hydrogen) atoms. The number of benzene rings is 2. The molecule has 1 aliphatic rings. The van der Waals surface area contributed by atoms with E-state index in [2.05, 4.69) is 43.8 Å². The van der Waals surface area contributed by atoms with Crippen LogP contribution in [0.2, 0.25) is 0 Å². The summed E-state index contributed by atoms with van der Waals surface area (Å²) in [6.45, 7) is 3.49. The minimum Gasteiger partial charge on any atom is -0.483 e. The van der Waals surface area contributed by atoms with Crippen molar-refractivity contribution < 1.29 is 19.1 Å². The van der Waals surface area contributed by atoms with Gasteiger partial charge >= 0.3 is 5.97 Å². The quantitative estimate of drug-likeness (QED) is 0.146. The highest BCUT2D eigenvalue weighted by molar-refractivity contribution is 14.1. The van der Waals surface area contributed by atoms with Crippen LogP contribution >= 0.6 is 34.8 Å². The van der Waals surface area contributed by atoms with Crippen LogP contribution in [0.5, 0.6) is 5.75 Å². The summed E-state index contributed by atoms with van der Waals surface area (Å²) >= 11 is 7.50. The van der Waals surface area contributed by atoms with Gasteiger partial charge in [0.2, 0.25) is 0 Å². The van der Waals surface area contributed by atoms with E-state index in [4.69, 9.17) is 21.7 Å². The Morgan fingerprint density at radius 3 is 2.67 bits per heavy atom. The number of nitrogens with one attached hydrogen (secondary N) is 3. The molecule has 0 saturated heterocycles. The van der Waals surface area contributed by atoms with Gasteiger partial charge in [0.15, 0.2) is 11.7 Å². The van der Waals surface area contributed by atoms with Crippen LogP contribution in [0, 0.1) is 3.57 Å².